The fraction of sp³-hybridized carbons (Fsp3) is 0.0833. The van der Waals surface area contributed by atoms with E-state index in [0.29, 0.717) is 6.54 Å². The van der Waals surface area contributed by atoms with Gasteiger partial charge in [-0.1, -0.05) is 18.2 Å². The first-order chi connectivity index (χ1) is 8.05. The van der Waals surface area contributed by atoms with Gasteiger partial charge in [0.25, 0.3) is 0 Å². The van der Waals surface area contributed by atoms with Gasteiger partial charge in [-0.2, -0.15) is 0 Å². The summed E-state index contributed by atoms with van der Waals surface area (Å²) in [6, 6.07) is 11.7. The van der Waals surface area contributed by atoms with Crippen LogP contribution in [0.15, 0.2) is 59.8 Å². The number of nitrogens with zero attached hydrogens (tertiary/aromatic N) is 1. The molecule has 0 unspecified atom stereocenters. The molecule has 1 aromatic heterocycles. The summed E-state index contributed by atoms with van der Waals surface area (Å²) in [6.07, 6.45) is 3.83. The maximum atomic E-state index is 10.7. The highest BCUT2D eigenvalue weighted by molar-refractivity contribution is 7.85. The van der Waals surface area contributed by atoms with Gasteiger partial charge >= 0.3 is 1.43 Å². The SMILES string of the molecule is O=S(=O)([O-])c1ccc(C[n+]2ccccc2)cc1.[H+]. The molecule has 0 aliphatic rings. The zero-order chi connectivity index (χ0) is 12.3. The molecule has 0 fully saturated rings. The number of pyridine rings is 1. The molecule has 0 atom stereocenters. The molecule has 0 bridgehead atoms. The molecule has 0 amide bonds. The average Bonchev–Trinajstić information content (AvgIpc) is 2.30. The molecule has 0 spiro atoms. The van der Waals surface area contributed by atoms with Crippen molar-refractivity contribution < 1.29 is 19.0 Å². The average molecular weight is 250 g/mol. The first-order valence-electron chi connectivity index (χ1n) is 5.05. The highest BCUT2D eigenvalue weighted by atomic mass is 32.2. The van der Waals surface area contributed by atoms with Crippen LogP contribution in [0.2, 0.25) is 0 Å². The van der Waals surface area contributed by atoms with Gasteiger partial charge in [-0.25, -0.2) is 13.0 Å². The Morgan fingerprint density at radius 2 is 1.65 bits per heavy atom. The Kier molecular flexibility index (Phi) is 3.21. The van der Waals surface area contributed by atoms with Crippen LogP contribution in [0, 0.1) is 0 Å². The lowest BCUT2D eigenvalue weighted by Gasteiger charge is -2.06. The van der Waals surface area contributed by atoms with Crippen molar-refractivity contribution in [3.63, 3.8) is 0 Å². The normalized spacial score (nSPS) is 11.4. The molecule has 2 rings (SSSR count). The topological polar surface area (TPSA) is 61.1 Å². The summed E-state index contributed by atoms with van der Waals surface area (Å²) < 4.78 is 34.2. The van der Waals surface area contributed by atoms with Crippen LogP contribution < -0.4 is 4.57 Å². The second kappa shape index (κ2) is 4.65. The Morgan fingerprint density at radius 3 is 2.18 bits per heavy atom. The predicted octanol–water partition coefficient (Wildman–Crippen LogP) is 1.04. The van der Waals surface area contributed by atoms with Gasteiger partial charge in [0, 0.05) is 17.7 Å². The monoisotopic (exact) mass is 250 g/mol. The second-order valence-corrected chi connectivity index (χ2v) is 5.03. The van der Waals surface area contributed by atoms with Crippen LogP contribution in [0.5, 0.6) is 0 Å². The smallest absolute Gasteiger partial charge is 0.744 e. The Hall–Kier alpha value is -1.72. The molecule has 1 aromatic carbocycles. The molecular formula is C12H12NO3S+. The van der Waals surface area contributed by atoms with Gasteiger partial charge < -0.3 is 4.55 Å². The molecule has 0 aliphatic heterocycles. The van der Waals surface area contributed by atoms with Crippen molar-refractivity contribution in [2.75, 3.05) is 0 Å². The van der Waals surface area contributed by atoms with Crippen molar-refractivity contribution in [3.8, 4) is 0 Å². The molecule has 0 aliphatic carbocycles. The van der Waals surface area contributed by atoms with Crippen molar-refractivity contribution in [1.82, 2.24) is 0 Å². The minimum Gasteiger partial charge on any atom is -0.744 e. The van der Waals surface area contributed by atoms with Crippen LogP contribution >= 0.6 is 0 Å². The lowest BCUT2D eigenvalue weighted by atomic mass is 10.2. The van der Waals surface area contributed by atoms with Gasteiger partial charge in [-0.15, -0.1) is 0 Å². The Bertz CT molecular complexity index is 597. The van der Waals surface area contributed by atoms with Crippen LogP contribution in [0.1, 0.15) is 6.99 Å². The van der Waals surface area contributed by atoms with Crippen LogP contribution in [0.4, 0.5) is 0 Å². The minimum absolute atomic E-state index is 0. The highest BCUT2D eigenvalue weighted by Gasteiger charge is 2.04. The van der Waals surface area contributed by atoms with Gasteiger partial charge in [-0.05, 0) is 12.1 Å². The number of hydrogen-bond donors (Lipinski definition) is 0. The summed E-state index contributed by atoms with van der Waals surface area (Å²) in [4.78, 5) is -0.195. The third-order valence-corrected chi connectivity index (χ3v) is 3.20. The summed E-state index contributed by atoms with van der Waals surface area (Å²) in [5, 5.41) is 0. The summed E-state index contributed by atoms with van der Waals surface area (Å²) in [6.45, 7) is 0.639. The highest BCUT2D eigenvalue weighted by Crippen LogP contribution is 2.09. The molecular weight excluding hydrogens is 238 g/mol. The lowest BCUT2D eigenvalue weighted by molar-refractivity contribution is -0.688. The number of benzene rings is 1. The maximum absolute atomic E-state index is 10.7. The van der Waals surface area contributed by atoms with Crippen molar-refractivity contribution in [1.29, 1.82) is 0 Å². The number of hydrogen-bond acceptors (Lipinski definition) is 3. The lowest BCUT2D eigenvalue weighted by Crippen LogP contribution is -2.32. The van der Waals surface area contributed by atoms with E-state index in [0.717, 1.165) is 5.56 Å². The number of aromatic nitrogens is 1. The van der Waals surface area contributed by atoms with E-state index in [4.69, 9.17) is 0 Å². The first kappa shape index (κ1) is 11.8. The van der Waals surface area contributed by atoms with Crippen LogP contribution in [-0.4, -0.2) is 13.0 Å². The predicted molar refractivity (Wildman–Crippen MR) is 61.3 cm³/mol. The molecule has 5 heteroatoms. The van der Waals surface area contributed by atoms with Gasteiger partial charge in [0.05, 0.1) is 4.90 Å². The number of rotatable bonds is 3. The van der Waals surface area contributed by atoms with E-state index in [1.807, 2.05) is 35.2 Å². The fourth-order valence-electron chi connectivity index (χ4n) is 1.51. The Labute approximate surface area is 101 Å². The van der Waals surface area contributed by atoms with Crippen molar-refractivity contribution in [2.45, 2.75) is 11.4 Å². The fourth-order valence-corrected chi connectivity index (χ4v) is 1.98. The first-order valence-corrected chi connectivity index (χ1v) is 6.45. The van der Waals surface area contributed by atoms with Gasteiger partial charge in [0.15, 0.2) is 18.9 Å². The van der Waals surface area contributed by atoms with E-state index >= 15 is 0 Å². The quantitative estimate of drug-likeness (QED) is 0.604. The second-order valence-electron chi connectivity index (χ2n) is 3.65. The van der Waals surface area contributed by atoms with E-state index in [1.54, 1.807) is 12.1 Å². The van der Waals surface area contributed by atoms with Gasteiger partial charge in [0.2, 0.25) is 0 Å². The van der Waals surface area contributed by atoms with E-state index in [-0.39, 0.29) is 6.32 Å². The van der Waals surface area contributed by atoms with E-state index < -0.39 is 10.1 Å². The van der Waals surface area contributed by atoms with Crippen LogP contribution in [0.3, 0.4) is 0 Å². The molecule has 0 radical (unpaired) electrons. The van der Waals surface area contributed by atoms with Crippen LogP contribution in [-0.2, 0) is 16.7 Å². The molecule has 88 valence electrons. The van der Waals surface area contributed by atoms with E-state index in [1.165, 1.54) is 12.1 Å². The zero-order valence-corrected chi connectivity index (χ0v) is 9.80. The van der Waals surface area contributed by atoms with Crippen molar-refractivity contribution in [3.05, 3.63) is 60.4 Å². The van der Waals surface area contributed by atoms with Gasteiger partial charge in [-0.3, -0.25) is 0 Å². The molecule has 0 saturated carbocycles. The Balaban J connectivity index is 0.00000162. The summed E-state index contributed by atoms with van der Waals surface area (Å²) in [5.74, 6) is 0. The van der Waals surface area contributed by atoms with Crippen molar-refractivity contribution in [2.24, 2.45) is 0 Å². The molecule has 0 saturated heterocycles. The van der Waals surface area contributed by atoms with E-state index in [9.17, 15) is 13.0 Å². The third-order valence-electron chi connectivity index (χ3n) is 2.35. The molecule has 0 N–H and O–H groups in total. The van der Waals surface area contributed by atoms with Gasteiger partial charge in [0.1, 0.15) is 10.1 Å². The summed E-state index contributed by atoms with van der Waals surface area (Å²) in [5.41, 5.74) is 0.939. The third kappa shape index (κ3) is 3.12. The minimum atomic E-state index is -4.35. The maximum Gasteiger partial charge on any atom is 1.00 e. The molecule has 2 aromatic rings. The standard InChI is InChI=1S/C12H11NO3S/c14-17(15,16)12-6-4-11(5-7-12)10-13-8-2-1-3-9-13/h1-9H,10H2/p+1. The largest absolute Gasteiger partial charge is 1.00 e. The Morgan fingerprint density at radius 1 is 1.06 bits per heavy atom. The van der Waals surface area contributed by atoms with Crippen LogP contribution in [0.25, 0.3) is 0 Å². The van der Waals surface area contributed by atoms with Crippen molar-refractivity contribution >= 4 is 10.1 Å². The zero-order valence-electron chi connectivity index (χ0n) is 9.98. The van der Waals surface area contributed by atoms with E-state index in [2.05, 4.69) is 0 Å². The molecule has 17 heavy (non-hydrogen) atoms. The summed E-state index contributed by atoms with van der Waals surface area (Å²) in [7, 11) is -4.35. The molecule has 4 nitrogen and oxygen atoms in total. The molecule has 1 heterocycles. The summed E-state index contributed by atoms with van der Waals surface area (Å²) >= 11 is 0.